The van der Waals surface area contributed by atoms with E-state index in [-0.39, 0.29) is 0 Å². The monoisotopic (exact) mass is 301 g/mol. The molecule has 1 aliphatic carbocycles. The molecular weight excluding hydrogens is 278 g/mol. The number of anilines is 2. The number of aromatic nitrogens is 1. The van der Waals surface area contributed by atoms with Crippen LogP contribution in [0.1, 0.15) is 31.4 Å². The zero-order valence-electron chi connectivity index (χ0n) is 12.8. The maximum atomic E-state index is 6.07. The van der Waals surface area contributed by atoms with Gasteiger partial charge in [-0.1, -0.05) is 12.8 Å². The van der Waals surface area contributed by atoms with E-state index in [1.165, 1.54) is 36.8 Å². The molecule has 0 amide bonds. The van der Waals surface area contributed by atoms with Crippen LogP contribution in [0.25, 0.3) is 10.8 Å². The molecule has 2 aromatic rings. The van der Waals surface area contributed by atoms with Gasteiger partial charge in [-0.15, -0.1) is 0 Å². The molecule has 0 atom stereocenters. The second-order valence-electron chi connectivity index (χ2n) is 6.02. The minimum atomic E-state index is 0.399. The van der Waals surface area contributed by atoms with E-state index in [1.54, 1.807) is 0 Å². The van der Waals surface area contributed by atoms with Gasteiger partial charge in [0.05, 0.1) is 0 Å². The van der Waals surface area contributed by atoms with Gasteiger partial charge in [-0.3, -0.25) is 4.98 Å². The van der Waals surface area contributed by atoms with Crippen LogP contribution in [-0.4, -0.2) is 22.5 Å². The van der Waals surface area contributed by atoms with Crippen LogP contribution in [0.3, 0.4) is 0 Å². The van der Waals surface area contributed by atoms with Crippen LogP contribution >= 0.6 is 11.8 Å². The molecule has 0 radical (unpaired) electrons. The second-order valence-corrected chi connectivity index (χ2v) is 7.30. The van der Waals surface area contributed by atoms with Crippen molar-refractivity contribution in [1.82, 2.24) is 4.98 Å². The van der Waals surface area contributed by atoms with Crippen molar-refractivity contribution in [3.63, 3.8) is 0 Å². The quantitative estimate of drug-likeness (QED) is 0.830. The lowest BCUT2D eigenvalue weighted by molar-refractivity contribution is 0.640. The van der Waals surface area contributed by atoms with Crippen LogP contribution in [0, 0.1) is 6.92 Å². The molecule has 1 aromatic carbocycles. The van der Waals surface area contributed by atoms with E-state index in [1.807, 2.05) is 30.9 Å². The Morgan fingerprint density at radius 3 is 2.76 bits per heavy atom. The van der Waals surface area contributed by atoms with Gasteiger partial charge in [-0.2, -0.15) is 11.8 Å². The Morgan fingerprint density at radius 2 is 2.05 bits per heavy atom. The molecule has 0 aliphatic heterocycles. The number of nitrogen functional groups attached to an aromatic ring is 1. The number of hydrogen-bond donors (Lipinski definition) is 2. The summed E-state index contributed by atoms with van der Waals surface area (Å²) in [4.78, 5) is 4.36. The number of thioether (sulfide) groups is 1. The average Bonchev–Trinajstić information content (AvgIpc) is 2.96. The number of hydrogen-bond acceptors (Lipinski definition) is 4. The molecule has 0 saturated heterocycles. The van der Waals surface area contributed by atoms with Crippen LogP contribution in [-0.2, 0) is 0 Å². The molecule has 4 heteroatoms. The number of nitrogens with two attached hydrogens (primary N) is 1. The van der Waals surface area contributed by atoms with Gasteiger partial charge >= 0.3 is 0 Å². The van der Waals surface area contributed by atoms with Crippen molar-refractivity contribution in [3.8, 4) is 0 Å². The van der Waals surface area contributed by atoms with Gasteiger partial charge in [0.15, 0.2) is 0 Å². The Morgan fingerprint density at radius 1 is 1.29 bits per heavy atom. The van der Waals surface area contributed by atoms with E-state index in [0.29, 0.717) is 4.75 Å². The van der Waals surface area contributed by atoms with Gasteiger partial charge in [0.25, 0.3) is 0 Å². The number of nitrogens with zero attached hydrogens (tertiary/aromatic N) is 1. The predicted octanol–water partition coefficient (Wildman–Crippen LogP) is 4.21. The summed E-state index contributed by atoms with van der Waals surface area (Å²) >= 11 is 2.01. The predicted molar refractivity (Wildman–Crippen MR) is 94.1 cm³/mol. The molecule has 112 valence electrons. The number of fused-ring (bicyclic) bond motifs is 1. The first kappa shape index (κ1) is 14.5. The zero-order valence-corrected chi connectivity index (χ0v) is 13.6. The summed E-state index contributed by atoms with van der Waals surface area (Å²) in [7, 11) is 0. The lowest BCUT2D eigenvalue weighted by Gasteiger charge is -2.28. The van der Waals surface area contributed by atoms with Crippen molar-refractivity contribution >= 4 is 33.9 Å². The Hall–Kier alpha value is -1.42. The average molecular weight is 301 g/mol. The number of benzene rings is 1. The summed E-state index contributed by atoms with van der Waals surface area (Å²) < 4.78 is 0.399. The Balaban J connectivity index is 1.90. The summed E-state index contributed by atoms with van der Waals surface area (Å²) in [6.45, 7) is 3.04. The van der Waals surface area contributed by atoms with E-state index in [9.17, 15) is 0 Å². The fourth-order valence-electron chi connectivity index (χ4n) is 3.25. The van der Waals surface area contributed by atoms with E-state index in [0.717, 1.165) is 23.3 Å². The van der Waals surface area contributed by atoms with E-state index < -0.39 is 0 Å². The highest BCUT2D eigenvalue weighted by atomic mass is 32.2. The molecule has 1 aromatic heterocycles. The topological polar surface area (TPSA) is 50.9 Å². The molecule has 21 heavy (non-hydrogen) atoms. The molecule has 3 rings (SSSR count). The lowest BCUT2D eigenvalue weighted by atomic mass is 10.1. The molecular formula is C17H23N3S. The van der Waals surface area contributed by atoms with E-state index >= 15 is 0 Å². The highest BCUT2D eigenvalue weighted by molar-refractivity contribution is 8.00. The van der Waals surface area contributed by atoms with Gasteiger partial charge in [0.1, 0.15) is 0 Å². The highest BCUT2D eigenvalue weighted by Gasteiger charge is 2.32. The molecule has 1 saturated carbocycles. The first-order valence-electron chi connectivity index (χ1n) is 7.57. The Kier molecular flexibility index (Phi) is 3.98. The highest BCUT2D eigenvalue weighted by Crippen LogP contribution is 2.40. The third kappa shape index (κ3) is 2.82. The molecule has 3 nitrogen and oxygen atoms in total. The number of pyridine rings is 1. The largest absolute Gasteiger partial charge is 0.398 e. The first-order valence-corrected chi connectivity index (χ1v) is 8.80. The molecule has 0 spiro atoms. The smallest absolute Gasteiger partial charge is 0.0423 e. The lowest BCUT2D eigenvalue weighted by Crippen LogP contribution is -2.30. The van der Waals surface area contributed by atoms with Gasteiger partial charge < -0.3 is 11.1 Å². The van der Waals surface area contributed by atoms with Crippen molar-refractivity contribution in [2.24, 2.45) is 0 Å². The van der Waals surface area contributed by atoms with Crippen LogP contribution in [0.15, 0.2) is 24.4 Å². The molecule has 1 aliphatic rings. The molecule has 3 N–H and O–H groups in total. The minimum absolute atomic E-state index is 0.399. The van der Waals surface area contributed by atoms with Crippen molar-refractivity contribution in [1.29, 1.82) is 0 Å². The molecule has 0 bridgehead atoms. The summed E-state index contributed by atoms with van der Waals surface area (Å²) in [6, 6.07) is 6.19. The maximum absolute atomic E-state index is 6.07. The third-order valence-electron chi connectivity index (χ3n) is 4.62. The van der Waals surface area contributed by atoms with Crippen molar-refractivity contribution in [2.75, 3.05) is 23.9 Å². The van der Waals surface area contributed by atoms with Crippen molar-refractivity contribution < 1.29 is 0 Å². The van der Waals surface area contributed by atoms with Crippen LogP contribution < -0.4 is 11.1 Å². The molecule has 1 heterocycles. The fraction of sp³-hybridized carbons (Fsp3) is 0.471. The number of aryl methyl sites for hydroxylation is 1. The summed E-state index contributed by atoms with van der Waals surface area (Å²) in [6.07, 6.45) is 9.46. The maximum Gasteiger partial charge on any atom is 0.0423 e. The van der Waals surface area contributed by atoms with Crippen molar-refractivity contribution in [3.05, 3.63) is 30.1 Å². The first-order chi connectivity index (χ1) is 10.1. The molecule has 0 unspecified atom stereocenters. The fourth-order valence-corrected chi connectivity index (χ4v) is 4.16. The third-order valence-corrected chi connectivity index (χ3v) is 6.04. The van der Waals surface area contributed by atoms with E-state index in [2.05, 4.69) is 28.7 Å². The second kappa shape index (κ2) is 5.76. The SMILES string of the molecule is CSC1(CNc2ccc(N)c3cnc(C)cc23)CCCC1. The van der Waals surface area contributed by atoms with Crippen molar-refractivity contribution in [2.45, 2.75) is 37.4 Å². The van der Waals surface area contributed by atoms with E-state index in [4.69, 9.17) is 5.73 Å². The number of rotatable bonds is 4. The minimum Gasteiger partial charge on any atom is -0.398 e. The summed E-state index contributed by atoms with van der Waals surface area (Å²) in [5.41, 5.74) is 9.06. The number of nitrogens with one attached hydrogen (secondary N) is 1. The standard InChI is InChI=1S/C17H23N3S/c1-12-9-13-14(10-19-12)15(18)5-6-16(13)20-11-17(21-2)7-3-4-8-17/h5-6,9-10,20H,3-4,7-8,11,18H2,1-2H3. The van der Waals surface area contributed by atoms with Gasteiger partial charge in [0, 0.05) is 45.3 Å². The summed E-state index contributed by atoms with van der Waals surface area (Å²) in [5.74, 6) is 0. The van der Waals surface area contributed by atoms with Crippen LogP contribution in [0.4, 0.5) is 11.4 Å². The van der Waals surface area contributed by atoms with Gasteiger partial charge in [-0.05, 0) is 44.2 Å². The van der Waals surface area contributed by atoms with Crippen LogP contribution in [0.5, 0.6) is 0 Å². The van der Waals surface area contributed by atoms with Gasteiger partial charge in [-0.25, -0.2) is 0 Å². The Labute approximate surface area is 130 Å². The molecule has 1 fully saturated rings. The van der Waals surface area contributed by atoms with Crippen LogP contribution in [0.2, 0.25) is 0 Å². The zero-order chi connectivity index (χ0) is 14.9. The van der Waals surface area contributed by atoms with Gasteiger partial charge in [0.2, 0.25) is 0 Å². The Bertz CT molecular complexity index is 648. The normalized spacial score (nSPS) is 17.2. The summed E-state index contributed by atoms with van der Waals surface area (Å²) in [5, 5.41) is 5.89.